The number of amides is 2. The standard InChI is InChI=1S/C9H10N2O5/c1-10(9(15)16-2)8(14)11-4-3-6(12)5-7(11)13/h3-5,12H,1-2H3. The van der Waals surface area contributed by atoms with Gasteiger partial charge in [0.1, 0.15) is 5.75 Å². The first-order valence-electron chi connectivity index (χ1n) is 4.25. The Balaban J connectivity index is 3.06. The van der Waals surface area contributed by atoms with Gasteiger partial charge in [-0.25, -0.2) is 19.1 Å². The molecule has 1 aromatic heterocycles. The highest BCUT2D eigenvalue weighted by Gasteiger charge is 2.19. The van der Waals surface area contributed by atoms with E-state index < -0.39 is 17.7 Å². The Morgan fingerprint density at radius 1 is 1.50 bits per heavy atom. The molecular weight excluding hydrogens is 216 g/mol. The van der Waals surface area contributed by atoms with E-state index in [1.807, 2.05) is 0 Å². The van der Waals surface area contributed by atoms with Crippen LogP contribution in [-0.2, 0) is 4.74 Å². The number of aromatic hydroxyl groups is 1. The van der Waals surface area contributed by atoms with Crippen molar-refractivity contribution >= 4 is 12.1 Å². The average molecular weight is 226 g/mol. The van der Waals surface area contributed by atoms with Gasteiger partial charge in [0.15, 0.2) is 0 Å². The molecule has 0 aromatic carbocycles. The highest BCUT2D eigenvalue weighted by atomic mass is 16.5. The molecule has 0 fully saturated rings. The maximum absolute atomic E-state index is 11.6. The highest BCUT2D eigenvalue weighted by molar-refractivity contribution is 5.91. The van der Waals surface area contributed by atoms with Gasteiger partial charge in [-0.15, -0.1) is 0 Å². The van der Waals surface area contributed by atoms with E-state index in [-0.39, 0.29) is 5.75 Å². The van der Waals surface area contributed by atoms with Gasteiger partial charge in [-0.1, -0.05) is 0 Å². The fourth-order valence-electron chi connectivity index (χ4n) is 1.00. The summed E-state index contributed by atoms with van der Waals surface area (Å²) < 4.78 is 5.00. The lowest BCUT2D eigenvalue weighted by Crippen LogP contribution is -2.40. The van der Waals surface area contributed by atoms with Crippen LogP contribution in [0.5, 0.6) is 5.75 Å². The lowest BCUT2D eigenvalue weighted by Gasteiger charge is -2.14. The molecule has 16 heavy (non-hydrogen) atoms. The molecule has 0 aliphatic carbocycles. The summed E-state index contributed by atoms with van der Waals surface area (Å²) in [4.78, 5) is 34.5. The maximum Gasteiger partial charge on any atom is 0.417 e. The summed E-state index contributed by atoms with van der Waals surface area (Å²) in [6.07, 6.45) is 0.185. The Hall–Kier alpha value is -2.31. The number of hydrogen-bond donors (Lipinski definition) is 1. The number of carbonyl (C=O) groups excluding carboxylic acids is 2. The molecule has 0 bridgehead atoms. The van der Waals surface area contributed by atoms with Gasteiger partial charge in [0.05, 0.1) is 7.11 Å². The van der Waals surface area contributed by atoms with Crippen molar-refractivity contribution in [1.82, 2.24) is 9.47 Å². The van der Waals surface area contributed by atoms with E-state index in [1.165, 1.54) is 7.05 Å². The molecule has 7 heteroatoms. The van der Waals surface area contributed by atoms with E-state index in [0.717, 1.165) is 25.4 Å². The number of rotatable bonds is 0. The third kappa shape index (κ3) is 2.19. The van der Waals surface area contributed by atoms with E-state index in [1.54, 1.807) is 0 Å². The monoisotopic (exact) mass is 226 g/mol. The molecule has 0 spiro atoms. The summed E-state index contributed by atoms with van der Waals surface area (Å²) in [5, 5.41) is 8.98. The number of imide groups is 1. The summed E-state index contributed by atoms with van der Waals surface area (Å²) in [6, 6.07) is 1.16. The minimum Gasteiger partial charge on any atom is -0.508 e. The van der Waals surface area contributed by atoms with Crippen LogP contribution in [0.3, 0.4) is 0 Å². The number of carbonyl (C=O) groups is 2. The quantitative estimate of drug-likeness (QED) is 0.683. The van der Waals surface area contributed by atoms with Crippen LogP contribution in [-0.4, -0.2) is 40.9 Å². The Morgan fingerprint density at radius 3 is 2.62 bits per heavy atom. The van der Waals surface area contributed by atoms with Gasteiger partial charge in [-0.2, -0.15) is 0 Å². The third-order valence-corrected chi connectivity index (χ3v) is 1.84. The fraction of sp³-hybridized carbons (Fsp3) is 0.222. The van der Waals surface area contributed by atoms with Crippen molar-refractivity contribution < 1.29 is 19.4 Å². The summed E-state index contributed by atoms with van der Waals surface area (Å²) >= 11 is 0. The number of methoxy groups -OCH3 is 1. The van der Waals surface area contributed by atoms with Crippen molar-refractivity contribution in [1.29, 1.82) is 0 Å². The van der Waals surface area contributed by atoms with Gasteiger partial charge >= 0.3 is 12.1 Å². The molecule has 0 aliphatic heterocycles. The summed E-state index contributed by atoms with van der Waals surface area (Å²) in [6.45, 7) is 0. The topological polar surface area (TPSA) is 88.8 Å². The van der Waals surface area contributed by atoms with Crippen molar-refractivity contribution in [2.45, 2.75) is 0 Å². The van der Waals surface area contributed by atoms with Crippen molar-refractivity contribution in [3.8, 4) is 5.75 Å². The van der Waals surface area contributed by atoms with Crippen molar-refractivity contribution in [2.24, 2.45) is 0 Å². The normalized spacial score (nSPS) is 9.62. The zero-order valence-corrected chi connectivity index (χ0v) is 8.71. The second-order valence-electron chi connectivity index (χ2n) is 2.90. The van der Waals surface area contributed by atoms with Gasteiger partial charge < -0.3 is 9.84 Å². The van der Waals surface area contributed by atoms with Crippen LogP contribution in [0, 0.1) is 0 Å². The summed E-state index contributed by atoms with van der Waals surface area (Å²) in [7, 11) is 2.29. The zero-order valence-electron chi connectivity index (χ0n) is 8.71. The predicted molar refractivity (Wildman–Crippen MR) is 53.3 cm³/mol. The van der Waals surface area contributed by atoms with Crippen LogP contribution in [0.25, 0.3) is 0 Å². The van der Waals surface area contributed by atoms with E-state index in [9.17, 15) is 14.4 Å². The van der Waals surface area contributed by atoms with Crippen LogP contribution in [0.15, 0.2) is 23.1 Å². The van der Waals surface area contributed by atoms with Gasteiger partial charge in [-0.3, -0.25) is 4.79 Å². The van der Waals surface area contributed by atoms with E-state index in [2.05, 4.69) is 4.74 Å². The molecule has 0 saturated carbocycles. The molecule has 0 radical (unpaired) electrons. The van der Waals surface area contributed by atoms with Gasteiger partial charge in [0, 0.05) is 19.3 Å². The zero-order chi connectivity index (χ0) is 12.3. The molecule has 0 atom stereocenters. The second-order valence-corrected chi connectivity index (χ2v) is 2.90. The molecule has 0 aliphatic rings. The van der Waals surface area contributed by atoms with E-state index >= 15 is 0 Å². The number of hydrogen-bond acceptors (Lipinski definition) is 5. The van der Waals surface area contributed by atoms with Crippen LogP contribution in [0.1, 0.15) is 0 Å². The Labute approximate surface area is 90.5 Å². The minimum absolute atomic E-state index is 0.255. The lowest BCUT2D eigenvalue weighted by atomic mass is 10.4. The summed E-state index contributed by atoms with van der Waals surface area (Å²) in [5.41, 5.74) is -0.735. The smallest absolute Gasteiger partial charge is 0.417 e. The van der Waals surface area contributed by atoms with E-state index in [0.29, 0.717) is 9.47 Å². The maximum atomic E-state index is 11.6. The molecule has 7 nitrogen and oxygen atoms in total. The van der Waals surface area contributed by atoms with Crippen LogP contribution >= 0.6 is 0 Å². The van der Waals surface area contributed by atoms with Gasteiger partial charge in [0.2, 0.25) is 0 Å². The first-order chi connectivity index (χ1) is 7.47. The number of pyridine rings is 1. The van der Waals surface area contributed by atoms with Gasteiger partial charge in [-0.05, 0) is 6.07 Å². The van der Waals surface area contributed by atoms with Crippen molar-refractivity contribution in [3.05, 3.63) is 28.7 Å². The van der Waals surface area contributed by atoms with E-state index in [4.69, 9.17) is 5.11 Å². The van der Waals surface area contributed by atoms with Crippen molar-refractivity contribution in [3.63, 3.8) is 0 Å². The number of aromatic nitrogens is 1. The average Bonchev–Trinajstić information content (AvgIpc) is 2.26. The van der Waals surface area contributed by atoms with Crippen LogP contribution in [0.2, 0.25) is 0 Å². The van der Waals surface area contributed by atoms with Gasteiger partial charge in [0.25, 0.3) is 5.56 Å². The molecule has 0 saturated heterocycles. The molecule has 1 heterocycles. The number of ether oxygens (including phenoxy) is 1. The highest BCUT2D eigenvalue weighted by Crippen LogP contribution is 2.02. The summed E-state index contributed by atoms with van der Waals surface area (Å²) in [5.74, 6) is -0.255. The largest absolute Gasteiger partial charge is 0.508 e. The molecule has 1 N–H and O–H groups in total. The third-order valence-electron chi connectivity index (χ3n) is 1.84. The molecule has 86 valence electrons. The molecule has 1 aromatic rings. The minimum atomic E-state index is -0.884. The first kappa shape index (κ1) is 11.8. The van der Waals surface area contributed by atoms with Crippen molar-refractivity contribution in [2.75, 3.05) is 14.2 Å². The van der Waals surface area contributed by atoms with Crippen LogP contribution in [0.4, 0.5) is 9.59 Å². The molecule has 0 unspecified atom stereocenters. The molecule has 2 amide bonds. The molecule has 1 rings (SSSR count). The Kier molecular flexibility index (Phi) is 3.29. The Bertz CT molecular complexity index is 479. The Morgan fingerprint density at radius 2 is 2.12 bits per heavy atom. The second kappa shape index (κ2) is 4.47. The number of nitrogens with zero attached hydrogens (tertiary/aromatic N) is 2. The fourth-order valence-corrected chi connectivity index (χ4v) is 1.00. The first-order valence-corrected chi connectivity index (χ1v) is 4.25. The predicted octanol–water partition coefficient (Wildman–Crippen LogP) is 0.220. The van der Waals surface area contributed by atoms with Crippen LogP contribution < -0.4 is 5.56 Å². The molecular formula is C9H10N2O5. The SMILES string of the molecule is COC(=O)N(C)C(=O)n1ccc(O)cc1=O. The lowest BCUT2D eigenvalue weighted by molar-refractivity contribution is 0.137.